The van der Waals surface area contributed by atoms with Gasteiger partial charge in [-0.1, -0.05) is 18.2 Å². The van der Waals surface area contributed by atoms with Crippen molar-refractivity contribution < 1.29 is 14.3 Å². The van der Waals surface area contributed by atoms with Gasteiger partial charge in [0.2, 0.25) is 0 Å². The average molecular weight is 432 g/mol. The Bertz CT molecular complexity index is 1110. The lowest BCUT2D eigenvalue weighted by atomic mass is 10.2. The number of methoxy groups -OCH3 is 1. The monoisotopic (exact) mass is 431 g/mol. The van der Waals surface area contributed by atoms with Gasteiger partial charge in [-0.3, -0.25) is 9.69 Å². The molecule has 0 spiro atoms. The van der Waals surface area contributed by atoms with Gasteiger partial charge in [0.05, 0.1) is 24.3 Å². The molecule has 0 atom stereocenters. The molecule has 1 amide bonds. The molecule has 0 bridgehead atoms. The number of nitrogens with zero attached hydrogens (tertiary/aromatic N) is 3. The zero-order valence-corrected chi connectivity index (χ0v) is 18.0. The molecule has 1 fully saturated rings. The molecule has 3 aromatic rings. The maximum Gasteiger partial charge on any atom is 0.271 e. The predicted octanol–water partition coefficient (Wildman–Crippen LogP) is 5.30. The van der Waals surface area contributed by atoms with E-state index in [0.29, 0.717) is 28.2 Å². The summed E-state index contributed by atoms with van der Waals surface area (Å²) in [5.41, 5.74) is 1.62. The normalized spacial score (nSPS) is 16.2. The smallest absolute Gasteiger partial charge is 0.271 e. The summed E-state index contributed by atoms with van der Waals surface area (Å²) in [6.07, 6.45) is 3.53. The number of hydrogen-bond donors (Lipinski definition) is 0. The number of anilines is 1. The van der Waals surface area contributed by atoms with Crippen LogP contribution in [0, 0.1) is 0 Å². The number of carbonyl (C=O) groups excluding carboxylic acids is 1. The van der Waals surface area contributed by atoms with Crippen molar-refractivity contribution in [2.75, 3.05) is 18.6 Å². The number of amides is 1. The number of aromatic nitrogens is 1. The molecule has 0 radical (unpaired) electrons. The van der Waals surface area contributed by atoms with Gasteiger partial charge >= 0.3 is 0 Å². The van der Waals surface area contributed by atoms with Crippen LogP contribution in [-0.4, -0.2) is 29.8 Å². The Morgan fingerprint density at radius 1 is 1.03 bits per heavy atom. The van der Waals surface area contributed by atoms with Crippen LogP contribution in [0.3, 0.4) is 0 Å². The highest BCUT2D eigenvalue weighted by Gasteiger charge is 2.34. The van der Waals surface area contributed by atoms with E-state index in [1.807, 2.05) is 73.7 Å². The second-order valence-corrected chi connectivity index (χ2v) is 7.54. The number of ether oxygens (including phenoxy) is 2. The highest BCUT2D eigenvalue weighted by molar-refractivity contribution is 8.19. The van der Waals surface area contributed by atoms with Crippen molar-refractivity contribution in [1.29, 1.82) is 0 Å². The van der Waals surface area contributed by atoms with Gasteiger partial charge in [0.1, 0.15) is 11.5 Å². The highest BCUT2D eigenvalue weighted by atomic mass is 32.2. The quantitative estimate of drug-likeness (QED) is 0.496. The number of hydrogen-bond acceptors (Lipinski definition) is 6. The molecule has 0 saturated carbocycles. The first kappa shape index (κ1) is 20.7. The molecule has 7 heteroatoms. The van der Waals surface area contributed by atoms with Crippen LogP contribution >= 0.6 is 11.8 Å². The Morgan fingerprint density at radius 3 is 2.42 bits per heavy atom. The van der Waals surface area contributed by atoms with E-state index < -0.39 is 0 Å². The van der Waals surface area contributed by atoms with Gasteiger partial charge in [-0.05, 0) is 78.9 Å². The third-order valence-corrected chi connectivity index (χ3v) is 5.45. The molecule has 1 saturated heterocycles. The fourth-order valence-electron chi connectivity index (χ4n) is 3.00. The second kappa shape index (κ2) is 9.49. The van der Waals surface area contributed by atoms with Crippen LogP contribution in [0.4, 0.5) is 11.5 Å². The van der Waals surface area contributed by atoms with Crippen molar-refractivity contribution >= 4 is 40.4 Å². The summed E-state index contributed by atoms with van der Waals surface area (Å²) < 4.78 is 10.7. The summed E-state index contributed by atoms with van der Waals surface area (Å²) in [6, 6.07) is 20.5. The molecule has 31 heavy (non-hydrogen) atoms. The van der Waals surface area contributed by atoms with Gasteiger partial charge in [0.25, 0.3) is 5.91 Å². The molecule has 0 N–H and O–H groups in total. The SMILES string of the molecule is CCOc1ccc(N2C(=O)/C(=C/c3ccc(OC)cc3)S/C2=N\c2ccccn2)cc1. The summed E-state index contributed by atoms with van der Waals surface area (Å²) >= 11 is 1.32. The Hall–Kier alpha value is -3.58. The molecule has 4 rings (SSSR count). The van der Waals surface area contributed by atoms with Crippen LogP contribution in [0.5, 0.6) is 11.5 Å². The van der Waals surface area contributed by atoms with Gasteiger partial charge in [-0.25, -0.2) is 9.98 Å². The minimum Gasteiger partial charge on any atom is -0.497 e. The summed E-state index contributed by atoms with van der Waals surface area (Å²) in [7, 11) is 1.62. The molecule has 1 aliphatic heterocycles. The molecular formula is C24H21N3O3S. The topological polar surface area (TPSA) is 64.0 Å². The minimum absolute atomic E-state index is 0.139. The molecule has 1 aromatic heterocycles. The fraction of sp³-hybridized carbons (Fsp3) is 0.125. The molecule has 6 nitrogen and oxygen atoms in total. The van der Waals surface area contributed by atoms with Crippen LogP contribution in [-0.2, 0) is 4.79 Å². The van der Waals surface area contributed by atoms with Crippen molar-refractivity contribution in [3.8, 4) is 11.5 Å². The van der Waals surface area contributed by atoms with Crippen molar-refractivity contribution in [3.63, 3.8) is 0 Å². The molecule has 156 valence electrons. The lowest BCUT2D eigenvalue weighted by Crippen LogP contribution is -2.28. The van der Waals surface area contributed by atoms with Gasteiger partial charge in [0.15, 0.2) is 11.0 Å². The molecule has 2 heterocycles. The zero-order valence-electron chi connectivity index (χ0n) is 17.2. The molecule has 2 aromatic carbocycles. The Kier molecular flexibility index (Phi) is 6.33. The minimum atomic E-state index is -0.139. The lowest BCUT2D eigenvalue weighted by Gasteiger charge is -2.16. The van der Waals surface area contributed by atoms with Crippen LogP contribution in [0.1, 0.15) is 12.5 Å². The van der Waals surface area contributed by atoms with Crippen LogP contribution in [0.2, 0.25) is 0 Å². The first-order valence-corrected chi connectivity index (χ1v) is 10.6. The molecule has 1 aliphatic rings. The van der Waals surface area contributed by atoms with Gasteiger partial charge in [0, 0.05) is 6.20 Å². The standard InChI is InChI=1S/C24H21N3O3S/c1-3-30-20-13-9-18(10-14-20)27-23(28)21(16-17-7-11-19(29-2)12-8-17)31-24(27)26-22-6-4-5-15-25-22/h4-16H,3H2,1-2H3/b21-16-,26-24-. The lowest BCUT2D eigenvalue weighted by molar-refractivity contribution is -0.113. The number of pyridine rings is 1. The average Bonchev–Trinajstić information content (AvgIpc) is 3.10. The summed E-state index contributed by atoms with van der Waals surface area (Å²) in [5, 5.41) is 0.549. The molecular weight excluding hydrogens is 410 g/mol. The Morgan fingerprint density at radius 2 is 1.77 bits per heavy atom. The van der Waals surface area contributed by atoms with E-state index in [1.165, 1.54) is 11.8 Å². The van der Waals surface area contributed by atoms with Crippen molar-refractivity contribution in [2.24, 2.45) is 4.99 Å². The van der Waals surface area contributed by atoms with E-state index in [9.17, 15) is 4.79 Å². The highest BCUT2D eigenvalue weighted by Crippen LogP contribution is 2.37. The van der Waals surface area contributed by atoms with Crippen LogP contribution < -0.4 is 14.4 Å². The first-order valence-electron chi connectivity index (χ1n) is 9.78. The number of thioether (sulfide) groups is 1. The van der Waals surface area contributed by atoms with Crippen LogP contribution in [0.25, 0.3) is 6.08 Å². The number of rotatable bonds is 6. The van der Waals surface area contributed by atoms with Crippen molar-refractivity contribution in [2.45, 2.75) is 6.92 Å². The van der Waals surface area contributed by atoms with Crippen LogP contribution in [0.15, 0.2) is 82.8 Å². The summed E-state index contributed by atoms with van der Waals surface area (Å²) in [4.78, 5) is 24.4. The number of aliphatic imine (C=N–C) groups is 1. The predicted molar refractivity (Wildman–Crippen MR) is 125 cm³/mol. The number of amidine groups is 1. The van der Waals surface area contributed by atoms with Gasteiger partial charge in [-0.15, -0.1) is 0 Å². The van der Waals surface area contributed by atoms with E-state index in [1.54, 1.807) is 24.3 Å². The number of benzene rings is 2. The third-order valence-electron chi connectivity index (χ3n) is 4.49. The van der Waals surface area contributed by atoms with E-state index in [-0.39, 0.29) is 5.91 Å². The number of carbonyl (C=O) groups is 1. The Labute approximate surface area is 185 Å². The van der Waals surface area contributed by atoms with E-state index in [0.717, 1.165) is 17.1 Å². The van der Waals surface area contributed by atoms with E-state index in [2.05, 4.69) is 9.98 Å². The van der Waals surface area contributed by atoms with Gasteiger partial charge in [-0.2, -0.15) is 0 Å². The zero-order chi connectivity index (χ0) is 21.6. The maximum absolute atomic E-state index is 13.3. The van der Waals surface area contributed by atoms with Crippen molar-refractivity contribution in [1.82, 2.24) is 4.98 Å². The summed E-state index contributed by atoms with van der Waals surface area (Å²) in [5.74, 6) is 1.92. The second-order valence-electron chi connectivity index (χ2n) is 6.53. The fourth-order valence-corrected chi connectivity index (χ4v) is 3.99. The van der Waals surface area contributed by atoms with Crippen molar-refractivity contribution in [3.05, 3.63) is 83.4 Å². The maximum atomic E-state index is 13.3. The first-order chi connectivity index (χ1) is 15.2. The third kappa shape index (κ3) is 4.78. The molecule has 0 aliphatic carbocycles. The summed E-state index contributed by atoms with van der Waals surface area (Å²) in [6.45, 7) is 2.52. The molecule has 0 unspecified atom stereocenters. The van der Waals surface area contributed by atoms with E-state index in [4.69, 9.17) is 9.47 Å². The van der Waals surface area contributed by atoms with Gasteiger partial charge < -0.3 is 9.47 Å². The Balaban J connectivity index is 1.71. The van der Waals surface area contributed by atoms with E-state index >= 15 is 0 Å². The largest absolute Gasteiger partial charge is 0.497 e.